The van der Waals surface area contributed by atoms with Gasteiger partial charge in [0.1, 0.15) is 11.6 Å². The van der Waals surface area contributed by atoms with Crippen molar-refractivity contribution in [1.82, 2.24) is 5.32 Å². The van der Waals surface area contributed by atoms with Crippen molar-refractivity contribution >= 4 is 11.9 Å². The van der Waals surface area contributed by atoms with E-state index in [-0.39, 0.29) is 19.6 Å². The fourth-order valence-corrected chi connectivity index (χ4v) is 2.23. The Kier molecular flexibility index (Phi) is 4.60. The van der Waals surface area contributed by atoms with Crippen molar-refractivity contribution in [1.29, 1.82) is 0 Å². The molecule has 1 aliphatic rings. The highest BCUT2D eigenvalue weighted by Gasteiger charge is 2.51. The molecule has 1 heterocycles. The van der Waals surface area contributed by atoms with E-state index < -0.39 is 40.5 Å². The normalized spacial score (nSPS) is 21.1. The highest BCUT2D eigenvalue weighted by atomic mass is 19.3. The van der Waals surface area contributed by atoms with Crippen molar-refractivity contribution in [2.45, 2.75) is 17.9 Å². The average molecular weight is 335 g/mol. The molecule has 1 atom stereocenters. The Morgan fingerprint density at radius 2 is 1.87 bits per heavy atom. The molecule has 5 nitrogen and oxygen atoms in total. The number of amides is 1. The molecule has 1 aliphatic heterocycles. The zero-order valence-corrected chi connectivity index (χ0v) is 12.0. The topological polar surface area (TPSA) is 64.6 Å². The van der Waals surface area contributed by atoms with Crippen LogP contribution in [-0.4, -0.2) is 37.7 Å². The van der Waals surface area contributed by atoms with E-state index >= 15 is 0 Å². The molecule has 1 amide bonds. The molecule has 1 N–H and O–H groups in total. The number of carbonyl (C=O) groups excluding carboxylic acids is 2. The summed E-state index contributed by atoms with van der Waals surface area (Å²) in [6, 6.07) is 1.09. The molecular formula is C14H13F4NO4. The third kappa shape index (κ3) is 3.29. The van der Waals surface area contributed by atoms with E-state index in [4.69, 9.17) is 4.74 Å². The van der Waals surface area contributed by atoms with Crippen LogP contribution < -0.4 is 5.32 Å². The molecule has 0 aromatic heterocycles. The Bertz CT molecular complexity index is 609. The Morgan fingerprint density at radius 3 is 2.35 bits per heavy atom. The number of carbonyl (C=O) groups is 2. The van der Waals surface area contributed by atoms with Gasteiger partial charge in [-0.15, -0.1) is 0 Å². The summed E-state index contributed by atoms with van der Waals surface area (Å²) < 4.78 is 64.0. The summed E-state index contributed by atoms with van der Waals surface area (Å²) in [6.07, 6.45) is -0.0565. The first-order valence-electron chi connectivity index (χ1n) is 6.54. The van der Waals surface area contributed by atoms with Gasteiger partial charge in [0.25, 0.3) is 5.91 Å². The molecule has 1 fully saturated rings. The van der Waals surface area contributed by atoms with E-state index in [1.54, 1.807) is 0 Å². The van der Waals surface area contributed by atoms with Gasteiger partial charge in [-0.1, -0.05) is 0 Å². The minimum absolute atomic E-state index is 0.0565. The lowest BCUT2D eigenvalue weighted by Gasteiger charge is -2.28. The first-order valence-corrected chi connectivity index (χ1v) is 6.54. The minimum Gasteiger partial charge on any atom is -0.467 e. The maximum Gasteiger partial charge on any atom is 0.349 e. The van der Waals surface area contributed by atoms with Crippen LogP contribution in [0.4, 0.5) is 17.6 Å². The number of esters is 1. The van der Waals surface area contributed by atoms with Crippen molar-refractivity contribution < 1.29 is 36.6 Å². The fourth-order valence-electron chi connectivity index (χ4n) is 2.23. The van der Waals surface area contributed by atoms with Gasteiger partial charge in [-0.3, -0.25) is 4.79 Å². The van der Waals surface area contributed by atoms with Gasteiger partial charge in [0, 0.05) is 24.7 Å². The van der Waals surface area contributed by atoms with E-state index in [9.17, 15) is 27.2 Å². The second-order valence-electron chi connectivity index (χ2n) is 5.06. The van der Waals surface area contributed by atoms with Crippen molar-refractivity contribution in [3.63, 3.8) is 0 Å². The minimum atomic E-state index is -4.24. The van der Waals surface area contributed by atoms with E-state index in [2.05, 4.69) is 4.74 Å². The predicted octanol–water partition coefficient (Wildman–Crippen LogP) is 1.50. The molecule has 0 aliphatic carbocycles. The SMILES string of the molecule is COC(=O)C1(NC(=O)C(F)(F)c2cc(F)cc(F)c2)CCOC1. The molecule has 0 bridgehead atoms. The fraction of sp³-hybridized carbons (Fsp3) is 0.429. The van der Waals surface area contributed by atoms with E-state index in [1.807, 2.05) is 5.32 Å². The molecule has 1 aromatic carbocycles. The zero-order chi connectivity index (χ0) is 17.3. The first kappa shape index (κ1) is 17.2. The van der Waals surface area contributed by atoms with Crippen LogP contribution in [0.3, 0.4) is 0 Å². The highest BCUT2D eigenvalue weighted by molar-refractivity contribution is 5.92. The van der Waals surface area contributed by atoms with Gasteiger partial charge < -0.3 is 14.8 Å². The summed E-state index contributed by atoms with van der Waals surface area (Å²) in [4.78, 5) is 23.7. The molecule has 126 valence electrons. The number of hydrogen-bond donors (Lipinski definition) is 1. The Morgan fingerprint density at radius 1 is 1.26 bits per heavy atom. The highest BCUT2D eigenvalue weighted by Crippen LogP contribution is 2.31. The molecule has 1 aromatic rings. The number of nitrogens with one attached hydrogen (secondary N) is 1. The van der Waals surface area contributed by atoms with Crippen LogP contribution in [-0.2, 0) is 25.0 Å². The Labute approximate surface area is 128 Å². The summed E-state index contributed by atoms with van der Waals surface area (Å²) in [6.45, 7) is -0.269. The summed E-state index contributed by atoms with van der Waals surface area (Å²) in [5.74, 6) is -9.56. The van der Waals surface area contributed by atoms with Gasteiger partial charge in [0.05, 0.1) is 13.7 Å². The van der Waals surface area contributed by atoms with Crippen LogP contribution in [0.15, 0.2) is 18.2 Å². The van der Waals surface area contributed by atoms with Crippen LogP contribution in [0, 0.1) is 11.6 Å². The quantitative estimate of drug-likeness (QED) is 0.669. The zero-order valence-electron chi connectivity index (χ0n) is 12.0. The summed E-state index contributed by atoms with van der Waals surface area (Å²) in [5, 5.41) is 1.89. The molecule has 9 heteroatoms. The summed E-state index contributed by atoms with van der Waals surface area (Å²) in [7, 11) is 1.04. The number of methoxy groups -OCH3 is 1. The summed E-state index contributed by atoms with van der Waals surface area (Å²) in [5.41, 5.74) is -2.91. The molecular weight excluding hydrogens is 322 g/mol. The van der Waals surface area contributed by atoms with Crippen LogP contribution >= 0.6 is 0 Å². The van der Waals surface area contributed by atoms with Crippen molar-refractivity contribution in [2.24, 2.45) is 0 Å². The van der Waals surface area contributed by atoms with Gasteiger partial charge in [-0.25, -0.2) is 13.6 Å². The second-order valence-corrected chi connectivity index (χ2v) is 5.06. The lowest BCUT2D eigenvalue weighted by atomic mass is 9.97. The maximum atomic E-state index is 14.2. The largest absolute Gasteiger partial charge is 0.467 e. The molecule has 0 saturated carbocycles. The molecule has 1 unspecified atom stereocenters. The molecule has 0 radical (unpaired) electrons. The third-order valence-electron chi connectivity index (χ3n) is 3.46. The Hall–Kier alpha value is -2.16. The van der Waals surface area contributed by atoms with Crippen molar-refractivity contribution in [2.75, 3.05) is 20.3 Å². The lowest BCUT2D eigenvalue weighted by Crippen LogP contribution is -2.58. The maximum absolute atomic E-state index is 14.2. The van der Waals surface area contributed by atoms with Crippen molar-refractivity contribution in [3.8, 4) is 0 Å². The lowest BCUT2D eigenvalue weighted by molar-refractivity contribution is -0.158. The summed E-state index contributed by atoms with van der Waals surface area (Å²) >= 11 is 0. The monoisotopic (exact) mass is 335 g/mol. The number of alkyl halides is 2. The molecule has 1 saturated heterocycles. The Balaban J connectivity index is 2.28. The number of ether oxygens (including phenoxy) is 2. The van der Waals surface area contributed by atoms with E-state index in [1.165, 1.54) is 0 Å². The van der Waals surface area contributed by atoms with Crippen LogP contribution in [0.25, 0.3) is 0 Å². The smallest absolute Gasteiger partial charge is 0.349 e. The third-order valence-corrected chi connectivity index (χ3v) is 3.46. The number of rotatable bonds is 4. The molecule has 2 rings (SSSR count). The van der Waals surface area contributed by atoms with Gasteiger partial charge in [-0.05, 0) is 12.1 Å². The second kappa shape index (κ2) is 6.15. The van der Waals surface area contributed by atoms with Gasteiger partial charge in [0.15, 0.2) is 5.54 Å². The number of hydrogen-bond acceptors (Lipinski definition) is 4. The van der Waals surface area contributed by atoms with Crippen LogP contribution in [0.5, 0.6) is 0 Å². The standard InChI is InChI=1S/C14H13F4NO4/c1-22-12(21)13(2-3-23-7-13)19-11(20)14(17,18)8-4-9(15)6-10(16)5-8/h4-6H,2-3,7H2,1H3,(H,19,20). The van der Waals surface area contributed by atoms with Crippen LogP contribution in [0.2, 0.25) is 0 Å². The average Bonchev–Trinajstić information content (AvgIpc) is 2.95. The van der Waals surface area contributed by atoms with E-state index in [0.29, 0.717) is 18.2 Å². The van der Waals surface area contributed by atoms with Crippen molar-refractivity contribution in [3.05, 3.63) is 35.4 Å². The molecule has 23 heavy (non-hydrogen) atoms. The van der Waals surface area contributed by atoms with Crippen LogP contribution in [0.1, 0.15) is 12.0 Å². The van der Waals surface area contributed by atoms with Gasteiger partial charge in [0.2, 0.25) is 0 Å². The molecule has 0 spiro atoms. The van der Waals surface area contributed by atoms with Gasteiger partial charge in [-0.2, -0.15) is 8.78 Å². The van der Waals surface area contributed by atoms with E-state index in [0.717, 1.165) is 7.11 Å². The predicted molar refractivity (Wildman–Crippen MR) is 68.6 cm³/mol. The van der Waals surface area contributed by atoms with Gasteiger partial charge >= 0.3 is 11.9 Å². The first-order chi connectivity index (χ1) is 10.7. The number of benzene rings is 1. The number of halogens is 4.